The van der Waals surface area contributed by atoms with Gasteiger partial charge in [-0.25, -0.2) is 0 Å². The molecule has 1 heterocycles. The van der Waals surface area contributed by atoms with Gasteiger partial charge in [0.05, 0.1) is 13.2 Å². The van der Waals surface area contributed by atoms with E-state index in [4.69, 9.17) is 9.52 Å². The summed E-state index contributed by atoms with van der Waals surface area (Å²) < 4.78 is 5.00. The first-order chi connectivity index (χ1) is 7.52. The van der Waals surface area contributed by atoms with Crippen LogP contribution in [0.5, 0.6) is 0 Å². The van der Waals surface area contributed by atoms with Gasteiger partial charge in [-0.2, -0.15) is 0 Å². The number of carbonyl (C=O) groups is 1. The fourth-order valence-corrected chi connectivity index (χ4v) is 1.03. The number of nitrogens with one attached hydrogen (secondary N) is 1. The largest absolute Gasteiger partial charge is 0.408 e. The van der Waals surface area contributed by atoms with Gasteiger partial charge < -0.3 is 9.52 Å². The highest BCUT2D eigenvalue weighted by Gasteiger charge is 2.14. The first kappa shape index (κ1) is 12.6. The molecule has 16 heavy (non-hydrogen) atoms. The fourth-order valence-electron chi connectivity index (χ4n) is 1.03. The molecule has 0 fully saturated rings. The molecule has 1 aromatic rings. The SMILES string of the molecule is Cc1nnc(NC(=O)CN(C)C(C)CO)o1. The number of aliphatic hydroxyl groups excluding tert-OH is 1. The fraction of sp³-hybridized carbons (Fsp3) is 0.667. The summed E-state index contributed by atoms with van der Waals surface area (Å²) in [4.78, 5) is 13.2. The lowest BCUT2D eigenvalue weighted by atomic mass is 10.3. The third-order valence-electron chi connectivity index (χ3n) is 2.18. The second-order valence-electron chi connectivity index (χ2n) is 3.62. The Balaban J connectivity index is 2.42. The quantitative estimate of drug-likeness (QED) is 0.714. The molecule has 90 valence electrons. The molecule has 7 heteroatoms. The van der Waals surface area contributed by atoms with Gasteiger partial charge in [-0.15, -0.1) is 5.10 Å². The van der Waals surface area contributed by atoms with Crippen LogP contribution in [-0.2, 0) is 4.79 Å². The lowest BCUT2D eigenvalue weighted by Crippen LogP contribution is -2.38. The summed E-state index contributed by atoms with van der Waals surface area (Å²) in [5.41, 5.74) is 0. The van der Waals surface area contributed by atoms with Crippen LogP contribution in [-0.4, -0.2) is 52.4 Å². The van der Waals surface area contributed by atoms with Gasteiger partial charge in [0.2, 0.25) is 11.8 Å². The van der Waals surface area contributed by atoms with Crippen molar-refractivity contribution in [2.75, 3.05) is 25.5 Å². The van der Waals surface area contributed by atoms with Gasteiger partial charge in [0.1, 0.15) is 0 Å². The van der Waals surface area contributed by atoms with Gasteiger partial charge in [0.25, 0.3) is 0 Å². The van der Waals surface area contributed by atoms with Gasteiger partial charge in [-0.3, -0.25) is 15.0 Å². The van der Waals surface area contributed by atoms with Crippen molar-refractivity contribution in [2.24, 2.45) is 0 Å². The number of aliphatic hydroxyl groups is 1. The molecule has 0 aromatic carbocycles. The lowest BCUT2D eigenvalue weighted by Gasteiger charge is -2.21. The topological polar surface area (TPSA) is 91.5 Å². The van der Waals surface area contributed by atoms with E-state index < -0.39 is 0 Å². The number of carbonyl (C=O) groups excluding carboxylic acids is 1. The predicted molar refractivity (Wildman–Crippen MR) is 56.8 cm³/mol. The number of likely N-dealkylation sites (N-methyl/N-ethyl adjacent to an activating group) is 1. The molecule has 0 saturated heterocycles. The molecule has 0 radical (unpaired) electrons. The van der Waals surface area contributed by atoms with E-state index in [1.807, 2.05) is 6.92 Å². The molecule has 0 spiro atoms. The van der Waals surface area contributed by atoms with Gasteiger partial charge in [-0.05, 0) is 14.0 Å². The van der Waals surface area contributed by atoms with Crippen molar-refractivity contribution in [3.8, 4) is 0 Å². The van der Waals surface area contributed by atoms with E-state index in [1.165, 1.54) is 0 Å². The van der Waals surface area contributed by atoms with Crippen molar-refractivity contribution in [1.82, 2.24) is 15.1 Å². The minimum absolute atomic E-state index is 0.00342. The molecule has 1 aromatic heterocycles. The van der Waals surface area contributed by atoms with Crippen molar-refractivity contribution in [2.45, 2.75) is 19.9 Å². The summed E-state index contributed by atoms with van der Waals surface area (Å²) in [7, 11) is 1.75. The van der Waals surface area contributed by atoms with Gasteiger partial charge in [-0.1, -0.05) is 5.10 Å². The Labute approximate surface area is 93.5 Å². The molecular weight excluding hydrogens is 212 g/mol. The maximum atomic E-state index is 11.5. The van der Waals surface area contributed by atoms with Crippen LogP contribution in [0.25, 0.3) is 0 Å². The average Bonchev–Trinajstić information content (AvgIpc) is 2.62. The van der Waals surface area contributed by atoms with Gasteiger partial charge in [0, 0.05) is 13.0 Å². The van der Waals surface area contributed by atoms with Gasteiger partial charge in [0.15, 0.2) is 0 Å². The monoisotopic (exact) mass is 228 g/mol. The van der Waals surface area contributed by atoms with Crippen molar-refractivity contribution in [3.05, 3.63) is 5.89 Å². The number of anilines is 1. The van der Waals surface area contributed by atoms with E-state index in [-0.39, 0.29) is 31.1 Å². The van der Waals surface area contributed by atoms with Crippen LogP contribution in [0.15, 0.2) is 4.42 Å². The summed E-state index contributed by atoms with van der Waals surface area (Å²) in [5, 5.41) is 18.6. The Morgan fingerprint density at radius 1 is 1.62 bits per heavy atom. The smallest absolute Gasteiger partial charge is 0.322 e. The first-order valence-electron chi connectivity index (χ1n) is 4.94. The van der Waals surface area contributed by atoms with Crippen LogP contribution in [0.3, 0.4) is 0 Å². The van der Waals surface area contributed by atoms with Crippen LogP contribution >= 0.6 is 0 Å². The van der Waals surface area contributed by atoms with E-state index in [0.717, 1.165) is 0 Å². The van der Waals surface area contributed by atoms with Crippen LogP contribution in [0.4, 0.5) is 6.01 Å². The normalized spacial score (nSPS) is 12.8. The molecule has 1 rings (SSSR count). The van der Waals surface area contributed by atoms with E-state index in [2.05, 4.69) is 15.5 Å². The summed E-state index contributed by atoms with van der Waals surface area (Å²) in [5.74, 6) is 0.138. The maximum absolute atomic E-state index is 11.5. The summed E-state index contributed by atoms with van der Waals surface area (Å²) in [6, 6.07) is 0.0164. The van der Waals surface area contributed by atoms with E-state index >= 15 is 0 Å². The van der Waals surface area contributed by atoms with E-state index in [0.29, 0.717) is 5.89 Å². The Morgan fingerprint density at radius 2 is 2.31 bits per heavy atom. The Bertz CT molecular complexity index is 352. The third-order valence-corrected chi connectivity index (χ3v) is 2.18. The Morgan fingerprint density at radius 3 is 2.81 bits per heavy atom. The minimum atomic E-state index is -0.258. The third kappa shape index (κ3) is 3.59. The minimum Gasteiger partial charge on any atom is -0.408 e. The van der Waals surface area contributed by atoms with Crippen LogP contribution in [0.1, 0.15) is 12.8 Å². The number of hydrogen-bond acceptors (Lipinski definition) is 6. The lowest BCUT2D eigenvalue weighted by molar-refractivity contribution is -0.117. The van der Waals surface area contributed by atoms with Crippen LogP contribution < -0.4 is 5.32 Å². The molecule has 0 aliphatic carbocycles. The zero-order chi connectivity index (χ0) is 12.1. The first-order valence-corrected chi connectivity index (χ1v) is 4.94. The van der Waals surface area contributed by atoms with Crippen molar-refractivity contribution in [1.29, 1.82) is 0 Å². The second kappa shape index (κ2) is 5.57. The molecule has 0 bridgehead atoms. The summed E-state index contributed by atoms with van der Waals surface area (Å²) in [6.45, 7) is 3.62. The molecule has 0 aliphatic heterocycles. The molecule has 2 N–H and O–H groups in total. The molecule has 1 amide bonds. The van der Waals surface area contributed by atoms with E-state index in [9.17, 15) is 4.79 Å². The van der Waals surface area contributed by atoms with Crippen molar-refractivity contribution in [3.63, 3.8) is 0 Å². The highest BCUT2D eigenvalue weighted by Crippen LogP contribution is 2.03. The second-order valence-corrected chi connectivity index (χ2v) is 3.62. The van der Waals surface area contributed by atoms with Crippen molar-refractivity contribution < 1.29 is 14.3 Å². The molecular formula is C9H16N4O3. The highest BCUT2D eigenvalue weighted by atomic mass is 16.4. The molecule has 1 unspecified atom stereocenters. The van der Waals surface area contributed by atoms with Crippen LogP contribution in [0.2, 0.25) is 0 Å². The highest BCUT2D eigenvalue weighted by molar-refractivity contribution is 5.90. The molecule has 0 aliphatic rings. The average molecular weight is 228 g/mol. The summed E-state index contributed by atoms with van der Waals surface area (Å²) >= 11 is 0. The number of aromatic nitrogens is 2. The standard InChI is InChI=1S/C9H16N4O3/c1-6(5-14)13(3)4-8(15)10-9-12-11-7(2)16-9/h6,14H,4-5H2,1-3H3,(H,10,12,15). The number of hydrogen-bond donors (Lipinski definition) is 2. The predicted octanol–water partition coefficient (Wildman–Crippen LogP) is -0.371. The Hall–Kier alpha value is -1.47. The van der Waals surface area contributed by atoms with Crippen LogP contribution in [0, 0.1) is 6.92 Å². The van der Waals surface area contributed by atoms with E-state index in [1.54, 1.807) is 18.9 Å². The number of rotatable bonds is 5. The molecule has 1 atom stereocenters. The molecule has 0 saturated carbocycles. The van der Waals surface area contributed by atoms with Crippen molar-refractivity contribution >= 4 is 11.9 Å². The van der Waals surface area contributed by atoms with Gasteiger partial charge >= 0.3 is 6.01 Å². The maximum Gasteiger partial charge on any atom is 0.322 e. The number of aryl methyl sites for hydroxylation is 1. The summed E-state index contributed by atoms with van der Waals surface area (Å²) in [6.07, 6.45) is 0. The molecule has 7 nitrogen and oxygen atoms in total. The number of amides is 1. The number of nitrogens with zero attached hydrogens (tertiary/aromatic N) is 3. The zero-order valence-electron chi connectivity index (χ0n) is 9.60. The zero-order valence-corrected chi connectivity index (χ0v) is 9.60. The Kier molecular flexibility index (Phi) is 4.39.